The highest BCUT2D eigenvalue weighted by atomic mass is 16.5. The van der Waals surface area contributed by atoms with Gasteiger partial charge in [-0.05, 0) is 38.2 Å². The van der Waals surface area contributed by atoms with Gasteiger partial charge in [-0.2, -0.15) is 0 Å². The van der Waals surface area contributed by atoms with Crippen LogP contribution in [-0.4, -0.2) is 43.3 Å². The Morgan fingerprint density at radius 1 is 1.41 bits per heavy atom. The average Bonchev–Trinajstić information content (AvgIpc) is 3.10. The van der Waals surface area contributed by atoms with Gasteiger partial charge in [0, 0.05) is 25.6 Å². The highest BCUT2D eigenvalue weighted by Crippen LogP contribution is 2.48. The van der Waals surface area contributed by atoms with E-state index in [4.69, 9.17) is 4.74 Å². The molecule has 2 aliphatic rings. The van der Waals surface area contributed by atoms with Gasteiger partial charge in [0.2, 0.25) is 0 Å². The van der Waals surface area contributed by atoms with Crippen molar-refractivity contribution in [3.8, 4) is 0 Å². The van der Waals surface area contributed by atoms with Crippen molar-refractivity contribution in [1.82, 2.24) is 10.2 Å². The number of carbonyl (C=O) groups excluding carboxylic acids is 1. The minimum atomic E-state index is 0.00482. The molecule has 1 N–H and O–H groups in total. The van der Waals surface area contributed by atoms with Crippen LogP contribution >= 0.6 is 0 Å². The Hall–Kier alpha value is -1.55. The van der Waals surface area contributed by atoms with E-state index in [1.807, 2.05) is 24.9 Å². The molecule has 0 unspecified atom stereocenters. The van der Waals surface area contributed by atoms with Crippen LogP contribution in [0.1, 0.15) is 38.2 Å². The van der Waals surface area contributed by atoms with E-state index in [0.29, 0.717) is 0 Å². The molecule has 4 heteroatoms. The Labute approximate surface area is 132 Å². The number of benzene rings is 1. The van der Waals surface area contributed by atoms with Crippen molar-refractivity contribution in [2.75, 3.05) is 20.2 Å². The highest BCUT2D eigenvalue weighted by molar-refractivity contribution is 5.74. The summed E-state index contributed by atoms with van der Waals surface area (Å²) in [5.41, 5.74) is 1.52. The third-order valence-electron chi connectivity index (χ3n) is 5.00. The number of ether oxygens (including phenoxy) is 1. The van der Waals surface area contributed by atoms with E-state index < -0.39 is 0 Å². The van der Waals surface area contributed by atoms with Gasteiger partial charge in [0.25, 0.3) is 0 Å². The Balaban J connectivity index is 1.55. The van der Waals surface area contributed by atoms with Crippen LogP contribution in [-0.2, 0) is 10.2 Å². The summed E-state index contributed by atoms with van der Waals surface area (Å²) in [4.78, 5) is 14.2. The molecule has 1 heterocycles. The fourth-order valence-corrected chi connectivity index (χ4v) is 3.40. The van der Waals surface area contributed by atoms with Crippen molar-refractivity contribution in [2.24, 2.45) is 0 Å². The molecule has 22 heavy (non-hydrogen) atoms. The number of amides is 2. The van der Waals surface area contributed by atoms with Gasteiger partial charge in [0.05, 0.1) is 12.1 Å². The summed E-state index contributed by atoms with van der Waals surface area (Å²) in [6, 6.07) is 10.6. The van der Waals surface area contributed by atoms with E-state index in [1.54, 1.807) is 0 Å². The fourth-order valence-electron chi connectivity index (χ4n) is 3.40. The van der Waals surface area contributed by atoms with E-state index in [9.17, 15) is 4.79 Å². The van der Waals surface area contributed by atoms with E-state index >= 15 is 0 Å². The average molecular weight is 302 g/mol. The lowest BCUT2D eigenvalue weighted by atomic mass is 9.95. The molecular weight excluding hydrogens is 276 g/mol. The molecule has 1 aliphatic heterocycles. The monoisotopic (exact) mass is 302 g/mol. The summed E-state index contributed by atoms with van der Waals surface area (Å²) >= 11 is 0. The second-order valence-corrected chi connectivity index (χ2v) is 6.79. The summed E-state index contributed by atoms with van der Waals surface area (Å²) in [5, 5.41) is 3.09. The molecule has 1 aliphatic carbocycles. The lowest BCUT2D eigenvalue weighted by molar-refractivity contribution is 0.0837. The third kappa shape index (κ3) is 3.27. The first-order chi connectivity index (χ1) is 10.6. The number of nitrogens with zero attached hydrogens (tertiary/aromatic N) is 1. The minimum absolute atomic E-state index is 0.00482. The molecule has 1 saturated heterocycles. The standard InChI is InChI=1S/C18H26N2O2/c1-14(16-9-6-12-22-16)19-17(21)20(2)13-18(10-11-18)15-7-4-3-5-8-15/h3-5,7-8,14,16H,6,9-13H2,1-2H3,(H,19,21)/t14-,16+/m1/s1. The van der Waals surface area contributed by atoms with Crippen molar-refractivity contribution in [1.29, 1.82) is 0 Å². The molecule has 2 fully saturated rings. The second-order valence-electron chi connectivity index (χ2n) is 6.79. The van der Waals surface area contributed by atoms with Gasteiger partial charge in [0.15, 0.2) is 0 Å². The van der Waals surface area contributed by atoms with Crippen LogP contribution in [0, 0.1) is 0 Å². The zero-order chi connectivity index (χ0) is 15.6. The second kappa shape index (κ2) is 6.29. The molecule has 120 valence electrons. The predicted octanol–water partition coefficient (Wildman–Crippen LogP) is 2.93. The molecule has 4 nitrogen and oxygen atoms in total. The molecule has 3 rings (SSSR count). The summed E-state index contributed by atoms with van der Waals surface area (Å²) in [5.74, 6) is 0. The third-order valence-corrected chi connectivity index (χ3v) is 5.00. The Kier molecular flexibility index (Phi) is 4.39. The number of nitrogens with one attached hydrogen (secondary N) is 1. The summed E-state index contributed by atoms with van der Waals surface area (Å²) in [6.45, 7) is 3.63. The van der Waals surface area contributed by atoms with Crippen LogP contribution in [0.4, 0.5) is 4.79 Å². The van der Waals surface area contributed by atoms with Gasteiger partial charge in [-0.1, -0.05) is 30.3 Å². The molecule has 2 amide bonds. The Bertz CT molecular complexity index is 507. The summed E-state index contributed by atoms with van der Waals surface area (Å²) < 4.78 is 5.64. The number of rotatable bonds is 5. The molecule has 0 bridgehead atoms. The maximum atomic E-state index is 12.4. The lowest BCUT2D eigenvalue weighted by Crippen LogP contribution is -2.48. The topological polar surface area (TPSA) is 41.6 Å². The quantitative estimate of drug-likeness (QED) is 0.908. The van der Waals surface area contributed by atoms with E-state index in [0.717, 1.165) is 38.8 Å². The number of carbonyl (C=O) groups is 1. The number of hydrogen-bond acceptors (Lipinski definition) is 2. The zero-order valence-electron chi connectivity index (χ0n) is 13.5. The van der Waals surface area contributed by atoms with E-state index in [-0.39, 0.29) is 23.6 Å². The Morgan fingerprint density at radius 2 is 2.14 bits per heavy atom. The van der Waals surface area contributed by atoms with Gasteiger partial charge in [0.1, 0.15) is 0 Å². The highest BCUT2D eigenvalue weighted by Gasteiger charge is 2.45. The zero-order valence-corrected chi connectivity index (χ0v) is 13.5. The van der Waals surface area contributed by atoms with Gasteiger partial charge >= 0.3 is 6.03 Å². The molecule has 1 aromatic rings. The molecule has 0 aromatic heterocycles. The van der Waals surface area contributed by atoms with Crippen molar-refractivity contribution < 1.29 is 9.53 Å². The SMILES string of the molecule is C[C@@H](NC(=O)N(C)CC1(c2ccccc2)CC1)[C@@H]1CCCO1. The maximum absolute atomic E-state index is 12.4. The van der Waals surface area contributed by atoms with Crippen molar-refractivity contribution in [3.63, 3.8) is 0 Å². The predicted molar refractivity (Wildman–Crippen MR) is 87.0 cm³/mol. The van der Waals surface area contributed by atoms with Crippen LogP contribution in [0.3, 0.4) is 0 Å². The van der Waals surface area contributed by atoms with Gasteiger partial charge in [-0.3, -0.25) is 0 Å². The summed E-state index contributed by atoms with van der Waals surface area (Å²) in [7, 11) is 1.89. The lowest BCUT2D eigenvalue weighted by Gasteiger charge is -2.27. The molecule has 1 aromatic carbocycles. The Morgan fingerprint density at radius 3 is 2.73 bits per heavy atom. The molecular formula is C18H26N2O2. The largest absolute Gasteiger partial charge is 0.376 e. The minimum Gasteiger partial charge on any atom is -0.376 e. The van der Waals surface area contributed by atoms with Crippen molar-refractivity contribution >= 4 is 6.03 Å². The molecule has 0 spiro atoms. The van der Waals surface area contributed by atoms with Gasteiger partial charge in [-0.25, -0.2) is 4.79 Å². The molecule has 1 saturated carbocycles. The summed E-state index contributed by atoms with van der Waals surface area (Å²) in [6.07, 6.45) is 4.63. The van der Waals surface area contributed by atoms with Crippen LogP contribution in [0.25, 0.3) is 0 Å². The number of hydrogen-bond donors (Lipinski definition) is 1. The first-order valence-electron chi connectivity index (χ1n) is 8.29. The first-order valence-corrected chi connectivity index (χ1v) is 8.29. The normalized spacial score (nSPS) is 23.8. The smallest absolute Gasteiger partial charge is 0.317 e. The number of likely N-dealkylation sites (N-methyl/N-ethyl adjacent to an activating group) is 1. The van der Waals surface area contributed by atoms with Gasteiger partial charge < -0.3 is 15.0 Å². The van der Waals surface area contributed by atoms with Crippen LogP contribution in [0.15, 0.2) is 30.3 Å². The van der Waals surface area contributed by atoms with Crippen LogP contribution < -0.4 is 5.32 Å². The fraction of sp³-hybridized carbons (Fsp3) is 0.611. The van der Waals surface area contributed by atoms with Crippen molar-refractivity contribution in [2.45, 2.75) is 50.2 Å². The molecule has 0 radical (unpaired) electrons. The van der Waals surface area contributed by atoms with Crippen molar-refractivity contribution in [3.05, 3.63) is 35.9 Å². The van der Waals surface area contributed by atoms with Crippen LogP contribution in [0.5, 0.6) is 0 Å². The number of urea groups is 1. The molecule has 2 atom stereocenters. The van der Waals surface area contributed by atoms with Crippen LogP contribution in [0.2, 0.25) is 0 Å². The first kappa shape index (κ1) is 15.3. The maximum Gasteiger partial charge on any atom is 0.317 e. The van der Waals surface area contributed by atoms with Gasteiger partial charge in [-0.15, -0.1) is 0 Å². The van der Waals surface area contributed by atoms with E-state index in [1.165, 1.54) is 5.56 Å². The van der Waals surface area contributed by atoms with E-state index in [2.05, 4.69) is 29.6 Å².